The molecular formula is C45H76N14O15S. The number of nitrogens with zero attached hydrogens (tertiary/aromatic N) is 1. The second-order valence-electron chi connectivity index (χ2n) is 18.5. The number of primary amides is 2. The summed E-state index contributed by atoms with van der Waals surface area (Å²) >= 11 is 1.29. The summed E-state index contributed by atoms with van der Waals surface area (Å²) < 4.78 is 0. The molecule has 0 saturated carbocycles. The molecule has 75 heavy (non-hydrogen) atoms. The molecule has 30 heteroatoms. The smallest absolute Gasteiger partial charge is 0.326 e. The number of amides is 10. The highest BCUT2D eigenvalue weighted by Gasteiger charge is 2.36. The van der Waals surface area contributed by atoms with Gasteiger partial charge in [0, 0.05) is 24.7 Å². The molecule has 0 fully saturated rings. The number of hydrogen-bond acceptors (Lipinski definition) is 17. The third-order valence-corrected chi connectivity index (χ3v) is 11.6. The van der Waals surface area contributed by atoms with E-state index in [1.165, 1.54) is 24.3 Å². The van der Waals surface area contributed by atoms with Crippen molar-refractivity contribution >= 4 is 82.8 Å². The standard InChI is InChI=1S/C45H76N14O15S/c1-22(2)14-25(47)37(65)52-26(8-6-7-12-46)38(66)55-29(16-24-19-50-21-51-24)41(69)57-31(18-36(63)64)43(71)59-33(20-60)44(72)53-27(9-10-34(48)61)39(67)56-30(17-35(49)62)42(70)54-28(11-13-75-5)40(68)58-32(45(73)74)15-23(3)4/h19,21-23,25-33,60H,6-18,20,46-47H2,1-5H3,(H2,48,61)(H2,49,62)(H,50,51)(H,52,65)(H,53,72)(H,54,70)(H,55,66)(H,56,67)(H,57,69)(H,58,68)(H,59,71)(H,63,64)(H,73,74)/t25-,26-,27-,28-,29-,30-,31-,32-,33-/m0/s1. The number of imidazole rings is 1. The van der Waals surface area contributed by atoms with Crippen LogP contribution in [0.3, 0.4) is 0 Å². The Kier molecular flexibility index (Phi) is 30.4. The topological polar surface area (TPSA) is 495 Å². The van der Waals surface area contributed by atoms with Gasteiger partial charge in [-0.3, -0.25) is 52.7 Å². The largest absolute Gasteiger partial charge is 0.481 e. The molecule has 422 valence electrons. The van der Waals surface area contributed by atoms with Crippen molar-refractivity contribution in [3.8, 4) is 0 Å². The van der Waals surface area contributed by atoms with Gasteiger partial charge in [0.05, 0.1) is 31.8 Å². The summed E-state index contributed by atoms with van der Waals surface area (Å²) in [7, 11) is 0. The van der Waals surface area contributed by atoms with E-state index in [9.17, 15) is 72.9 Å². The third kappa shape index (κ3) is 26.2. The molecule has 0 spiro atoms. The van der Waals surface area contributed by atoms with Crippen LogP contribution in [0.15, 0.2) is 12.5 Å². The van der Waals surface area contributed by atoms with Gasteiger partial charge in [0.2, 0.25) is 59.1 Å². The van der Waals surface area contributed by atoms with Crippen molar-refractivity contribution < 1.29 is 72.9 Å². The average Bonchev–Trinajstić information content (AvgIpc) is 3.84. The summed E-state index contributed by atoms with van der Waals surface area (Å²) in [6.45, 7) is 6.24. The number of aliphatic hydroxyl groups excluding tert-OH is 1. The van der Waals surface area contributed by atoms with Gasteiger partial charge in [0.1, 0.15) is 48.3 Å². The Morgan fingerprint density at radius 1 is 0.587 bits per heavy atom. The summed E-state index contributed by atoms with van der Waals surface area (Å²) in [6, 6.07) is -14.1. The van der Waals surface area contributed by atoms with Crippen LogP contribution in [0.1, 0.15) is 97.6 Å². The molecule has 1 rings (SSSR count). The zero-order valence-electron chi connectivity index (χ0n) is 42.8. The molecule has 29 nitrogen and oxygen atoms in total. The van der Waals surface area contributed by atoms with Crippen molar-refractivity contribution in [3.05, 3.63) is 18.2 Å². The molecule has 1 aromatic rings. The number of nitrogens with one attached hydrogen (secondary N) is 9. The predicted octanol–water partition coefficient (Wildman–Crippen LogP) is -5.18. The number of unbranched alkanes of at least 4 members (excludes halogenated alkanes) is 1. The fourth-order valence-corrected chi connectivity index (χ4v) is 7.60. The second-order valence-corrected chi connectivity index (χ2v) is 19.5. The maximum Gasteiger partial charge on any atom is 0.326 e. The van der Waals surface area contributed by atoms with Crippen molar-refractivity contribution in [3.63, 3.8) is 0 Å². The molecule has 0 bridgehead atoms. The lowest BCUT2D eigenvalue weighted by atomic mass is 10.0. The van der Waals surface area contributed by atoms with Crippen molar-refractivity contribution in [2.45, 2.75) is 153 Å². The van der Waals surface area contributed by atoms with Crippen LogP contribution in [0.25, 0.3) is 0 Å². The molecule has 20 N–H and O–H groups in total. The number of aromatic amines is 1. The Morgan fingerprint density at radius 3 is 1.51 bits per heavy atom. The van der Waals surface area contributed by atoms with Crippen LogP contribution < -0.4 is 65.5 Å². The van der Waals surface area contributed by atoms with Crippen LogP contribution in [0.5, 0.6) is 0 Å². The van der Waals surface area contributed by atoms with Gasteiger partial charge in [-0.15, -0.1) is 0 Å². The molecule has 9 atom stereocenters. The van der Waals surface area contributed by atoms with E-state index in [1.54, 1.807) is 20.1 Å². The molecule has 0 radical (unpaired) electrons. The Morgan fingerprint density at radius 2 is 1.04 bits per heavy atom. The molecule has 0 aromatic carbocycles. The Hall–Kier alpha value is -6.92. The third-order valence-electron chi connectivity index (χ3n) is 11.0. The minimum Gasteiger partial charge on any atom is -0.481 e. The van der Waals surface area contributed by atoms with E-state index < -0.39 is 158 Å². The number of nitrogens with two attached hydrogens (primary N) is 4. The summed E-state index contributed by atoms with van der Waals surface area (Å²) in [4.78, 5) is 163. The summed E-state index contributed by atoms with van der Waals surface area (Å²) in [5, 5.41) is 48.3. The van der Waals surface area contributed by atoms with E-state index in [2.05, 4.69) is 52.5 Å². The van der Waals surface area contributed by atoms with E-state index >= 15 is 0 Å². The zero-order valence-corrected chi connectivity index (χ0v) is 43.6. The number of aliphatic hydroxyl groups is 1. The van der Waals surface area contributed by atoms with Crippen LogP contribution in [0.4, 0.5) is 0 Å². The highest BCUT2D eigenvalue weighted by atomic mass is 32.2. The number of carbonyl (C=O) groups excluding carboxylic acids is 10. The first-order chi connectivity index (χ1) is 35.2. The van der Waals surface area contributed by atoms with Crippen molar-refractivity contribution in [2.75, 3.05) is 25.2 Å². The highest BCUT2D eigenvalue weighted by molar-refractivity contribution is 7.98. The van der Waals surface area contributed by atoms with Gasteiger partial charge in [-0.2, -0.15) is 11.8 Å². The van der Waals surface area contributed by atoms with Crippen LogP contribution in [0, 0.1) is 11.8 Å². The van der Waals surface area contributed by atoms with E-state index in [-0.39, 0.29) is 44.1 Å². The summed E-state index contributed by atoms with van der Waals surface area (Å²) in [5.74, 6) is -13.4. The second kappa shape index (κ2) is 34.5. The first-order valence-electron chi connectivity index (χ1n) is 24.2. The molecule has 0 saturated heterocycles. The first-order valence-corrected chi connectivity index (χ1v) is 25.6. The number of thioether (sulfide) groups is 1. The van der Waals surface area contributed by atoms with Crippen LogP contribution in [-0.2, 0) is 64.0 Å². The predicted molar refractivity (Wildman–Crippen MR) is 270 cm³/mol. The zero-order chi connectivity index (χ0) is 56.9. The maximum absolute atomic E-state index is 13.9. The van der Waals surface area contributed by atoms with Gasteiger partial charge in [0.25, 0.3) is 0 Å². The fourth-order valence-electron chi connectivity index (χ4n) is 7.13. The van der Waals surface area contributed by atoms with E-state index in [1.807, 2.05) is 13.8 Å². The molecule has 1 aromatic heterocycles. The summed E-state index contributed by atoms with van der Waals surface area (Å²) in [6.07, 6.45) is 2.15. The minimum atomic E-state index is -2.00. The first kappa shape index (κ1) is 66.1. The highest BCUT2D eigenvalue weighted by Crippen LogP contribution is 2.11. The molecule has 1 heterocycles. The fraction of sp³-hybridized carbons (Fsp3) is 0.667. The minimum absolute atomic E-state index is 0.0269. The van der Waals surface area contributed by atoms with Gasteiger partial charge in [-0.25, -0.2) is 9.78 Å². The molecule has 0 aliphatic carbocycles. The summed E-state index contributed by atoms with van der Waals surface area (Å²) in [5.41, 5.74) is 22.7. The van der Waals surface area contributed by atoms with Crippen LogP contribution >= 0.6 is 11.8 Å². The van der Waals surface area contributed by atoms with Crippen LogP contribution in [-0.4, -0.2) is 176 Å². The van der Waals surface area contributed by atoms with Crippen molar-refractivity contribution in [2.24, 2.45) is 34.8 Å². The molecule has 0 aliphatic heterocycles. The van der Waals surface area contributed by atoms with Gasteiger partial charge in [-0.1, -0.05) is 27.7 Å². The van der Waals surface area contributed by atoms with E-state index in [4.69, 9.17) is 22.9 Å². The average molecular weight is 1090 g/mol. The van der Waals surface area contributed by atoms with E-state index in [0.717, 1.165) is 0 Å². The Balaban J connectivity index is 3.45. The number of carbonyl (C=O) groups is 12. The number of carboxylic acid groups (broad SMARTS) is 2. The normalized spacial score (nSPS) is 14.7. The van der Waals surface area contributed by atoms with Crippen molar-refractivity contribution in [1.82, 2.24) is 52.5 Å². The van der Waals surface area contributed by atoms with Crippen molar-refractivity contribution in [1.29, 1.82) is 0 Å². The molecule has 0 aliphatic rings. The SMILES string of the molecule is CSCC[C@H](NC(=O)[C@H](CC(N)=O)NC(=O)[C@H](CCC(N)=O)NC(=O)[C@H](CO)NC(=O)[C@H](CC(=O)O)NC(=O)[C@H](Cc1cnc[nH]1)NC(=O)[C@H](CCCCN)NC(=O)[C@@H](N)CC(C)C)C(=O)N[C@@H](CC(C)C)C(=O)O. The van der Waals surface area contributed by atoms with Crippen LogP contribution in [0.2, 0.25) is 0 Å². The number of rotatable bonds is 38. The lowest BCUT2D eigenvalue weighted by Crippen LogP contribution is -2.61. The Bertz CT molecular complexity index is 2100. The van der Waals surface area contributed by atoms with Gasteiger partial charge in [-0.05, 0) is 75.3 Å². The molecular weight excluding hydrogens is 1010 g/mol. The number of hydrogen-bond donors (Lipinski definition) is 16. The number of aromatic nitrogens is 2. The lowest BCUT2D eigenvalue weighted by Gasteiger charge is -2.27. The lowest BCUT2D eigenvalue weighted by molar-refractivity contribution is -0.143. The van der Waals surface area contributed by atoms with Gasteiger partial charge in [0.15, 0.2) is 0 Å². The van der Waals surface area contributed by atoms with Gasteiger partial charge < -0.3 is 85.8 Å². The number of H-pyrrole nitrogens is 1. The number of aliphatic carboxylic acids is 2. The monoisotopic (exact) mass is 1080 g/mol. The Labute approximate surface area is 437 Å². The maximum atomic E-state index is 13.9. The van der Waals surface area contributed by atoms with E-state index in [0.29, 0.717) is 30.7 Å². The van der Waals surface area contributed by atoms with Gasteiger partial charge >= 0.3 is 11.9 Å². The number of carboxylic acids is 2. The molecule has 0 unspecified atom stereocenters. The molecule has 10 amide bonds. The quantitative estimate of drug-likeness (QED) is 0.0275.